The monoisotopic (exact) mass is 271 g/mol. The van der Waals surface area contributed by atoms with Crippen LogP contribution in [0.1, 0.15) is 49.8 Å². The molecule has 0 aromatic heterocycles. The predicted molar refractivity (Wildman–Crippen MR) is 83.6 cm³/mol. The van der Waals surface area contributed by atoms with Crippen molar-refractivity contribution in [2.24, 2.45) is 0 Å². The zero-order chi connectivity index (χ0) is 14.2. The molecular formula is C18H25NO. The maximum Gasteiger partial charge on any atom is 0.0980 e. The Bertz CT molecular complexity index is 449. The third-order valence-corrected chi connectivity index (χ3v) is 3.89. The van der Waals surface area contributed by atoms with E-state index in [1.807, 2.05) is 0 Å². The molecule has 2 atom stereocenters. The summed E-state index contributed by atoms with van der Waals surface area (Å²) >= 11 is 0. The normalized spacial score (nSPS) is 19.1. The summed E-state index contributed by atoms with van der Waals surface area (Å²) in [5.74, 6) is 2.73. The lowest BCUT2D eigenvalue weighted by atomic mass is 9.91. The molecule has 0 fully saturated rings. The summed E-state index contributed by atoms with van der Waals surface area (Å²) in [4.78, 5) is 0. The lowest BCUT2D eigenvalue weighted by Gasteiger charge is -2.33. The van der Waals surface area contributed by atoms with Gasteiger partial charge in [-0.25, -0.2) is 0 Å². The Morgan fingerprint density at radius 1 is 1.45 bits per heavy atom. The standard InChI is InChI=1S/C18H25NO/c1-3-5-6-11-17(19-13-4-2)18-16-10-8-7-9-15(16)12-14-20-18/h1,7-10,17-19H,4-6,11-14H2,2H3. The van der Waals surface area contributed by atoms with Gasteiger partial charge in [0.1, 0.15) is 0 Å². The predicted octanol–water partition coefficient (Wildman–Crippen LogP) is 3.47. The summed E-state index contributed by atoms with van der Waals surface area (Å²) in [7, 11) is 0. The summed E-state index contributed by atoms with van der Waals surface area (Å²) in [5, 5.41) is 3.65. The lowest BCUT2D eigenvalue weighted by Crippen LogP contribution is -2.38. The number of nitrogens with one attached hydrogen (secondary N) is 1. The van der Waals surface area contributed by atoms with E-state index in [1.54, 1.807) is 0 Å². The van der Waals surface area contributed by atoms with Crippen molar-refractivity contribution in [3.05, 3.63) is 35.4 Å². The first-order valence-corrected chi connectivity index (χ1v) is 7.73. The number of ether oxygens (including phenoxy) is 1. The van der Waals surface area contributed by atoms with Crippen LogP contribution in [0.2, 0.25) is 0 Å². The number of hydrogen-bond acceptors (Lipinski definition) is 2. The van der Waals surface area contributed by atoms with Crippen LogP contribution >= 0.6 is 0 Å². The Kier molecular flexibility index (Phi) is 6.11. The molecule has 1 aliphatic rings. The van der Waals surface area contributed by atoms with Gasteiger partial charge in [0.05, 0.1) is 12.7 Å². The fourth-order valence-electron chi connectivity index (χ4n) is 2.87. The van der Waals surface area contributed by atoms with E-state index in [-0.39, 0.29) is 6.10 Å². The summed E-state index contributed by atoms with van der Waals surface area (Å²) in [6, 6.07) is 9.03. The van der Waals surface area contributed by atoms with E-state index >= 15 is 0 Å². The third-order valence-electron chi connectivity index (χ3n) is 3.89. The van der Waals surface area contributed by atoms with E-state index in [0.29, 0.717) is 6.04 Å². The van der Waals surface area contributed by atoms with Crippen molar-refractivity contribution in [1.82, 2.24) is 5.32 Å². The summed E-state index contributed by atoms with van der Waals surface area (Å²) in [5.41, 5.74) is 2.79. The molecule has 2 unspecified atom stereocenters. The molecule has 0 saturated heterocycles. The van der Waals surface area contributed by atoms with Crippen molar-refractivity contribution in [3.63, 3.8) is 0 Å². The summed E-state index contributed by atoms with van der Waals surface area (Å²) in [6.07, 6.45) is 10.7. The van der Waals surface area contributed by atoms with Gasteiger partial charge in [0, 0.05) is 12.5 Å². The van der Waals surface area contributed by atoms with Crippen molar-refractivity contribution in [2.75, 3.05) is 13.2 Å². The van der Waals surface area contributed by atoms with Gasteiger partial charge in [-0.2, -0.15) is 0 Å². The van der Waals surface area contributed by atoms with Crippen molar-refractivity contribution in [2.45, 2.75) is 51.2 Å². The van der Waals surface area contributed by atoms with Gasteiger partial charge in [-0.3, -0.25) is 0 Å². The van der Waals surface area contributed by atoms with Crippen molar-refractivity contribution >= 4 is 0 Å². The summed E-state index contributed by atoms with van der Waals surface area (Å²) < 4.78 is 6.08. The minimum Gasteiger partial charge on any atom is -0.372 e. The van der Waals surface area contributed by atoms with Crippen LogP contribution in [0.5, 0.6) is 0 Å². The zero-order valence-electron chi connectivity index (χ0n) is 12.4. The molecule has 1 aromatic rings. The molecule has 0 spiro atoms. The molecule has 0 radical (unpaired) electrons. The highest BCUT2D eigenvalue weighted by atomic mass is 16.5. The second-order valence-corrected chi connectivity index (χ2v) is 5.40. The van der Waals surface area contributed by atoms with Gasteiger partial charge in [-0.05, 0) is 43.4 Å². The minimum absolute atomic E-state index is 0.171. The highest BCUT2D eigenvalue weighted by Crippen LogP contribution is 2.31. The highest BCUT2D eigenvalue weighted by Gasteiger charge is 2.27. The van der Waals surface area contributed by atoms with E-state index in [2.05, 4.69) is 42.4 Å². The molecule has 0 saturated carbocycles. The fraction of sp³-hybridized carbons (Fsp3) is 0.556. The number of benzene rings is 1. The quantitative estimate of drug-likeness (QED) is 0.605. The first-order valence-electron chi connectivity index (χ1n) is 7.73. The summed E-state index contributed by atoms with van der Waals surface area (Å²) in [6.45, 7) is 4.05. The van der Waals surface area contributed by atoms with Crippen molar-refractivity contribution < 1.29 is 4.74 Å². The van der Waals surface area contributed by atoms with Crippen LogP contribution in [-0.4, -0.2) is 19.2 Å². The van der Waals surface area contributed by atoms with Crippen molar-refractivity contribution in [3.8, 4) is 12.3 Å². The molecule has 0 bridgehead atoms. The van der Waals surface area contributed by atoms with Gasteiger partial charge in [0.15, 0.2) is 0 Å². The number of hydrogen-bond donors (Lipinski definition) is 1. The van der Waals surface area contributed by atoms with Crippen LogP contribution in [0, 0.1) is 12.3 Å². The van der Waals surface area contributed by atoms with Crippen LogP contribution < -0.4 is 5.32 Å². The molecule has 108 valence electrons. The molecule has 0 aliphatic carbocycles. The number of terminal acetylenes is 1. The molecule has 1 N–H and O–H groups in total. The van der Waals surface area contributed by atoms with E-state index in [4.69, 9.17) is 11.2 Å². The first kappa shape index (κ1) is 15.1. The smallest absolute Gasteiger partial charge is 0.0980 e. The molecule has 2 heteroatoms. The highest BCUT2D eigenvalue weighted by molar-refractivity contribution is 5.32. The number of fused-ring (bicyclic) bond motifs is 1. The van der Waals surface area contributed by atoms with Gasteiger partial charge in [0.25, 0.3) is 0 Å². The Morgan fingerprint density at radius 2 is 2.30 bits per heavy atom. The largest absolute Gasteiger partial charge is 0.372 e. The van der Waals surface area contributed by atoms with Crippen LogP contribution in [-0.2, 0) is 11.2 Å². The van der Waals surface area contributed by atoms with E-state index in [0.717, 1.165) is 45.3 Å². The van der Waals surface area contributed by atoms with Crippen molar-refractivity contribution in [1.29, 1.82) is 0 Å². The second kappa shape index (κ2) is 8.09. The SMILES string of the molecule is C#CCCCC(NCCC)C1OCCc2ccccc21. The Morgan fingerprint density at radius 3 is 3.10 bits per heavy atom. The lowest BCUT2D eigenvalue weighted by molar-refractivity contribution is 0.0129. The van der Waals surface area contributed by atoms with Crippen LogP contribution in [0.4, 0.5) is 0 Å². The van der Waals surface area contributed by atoms with Gasteiger partial charge < -0.3 is 10.1 Å². The van der Waals surface area contributed by atoms with Crippen LogP contribution in [0.25, 0.3) is 0 Å². The second-order valence-electron chi connectivity index (χ2n) is 5.40. The third kappa shape index (κ3) is 3.85. The molecule has 1 aromatic carbocycles. The van der Waals surface area contributed by atoms with E-state index < -0.39 is 0 Å². The van der Waals surface area contributed by atoms with Crippen LogP contribution in [0.3, 0.4) is 0 Å². The Hall–Kier alpha value is -1.30. The maximum absolute atomic E-state index is 6.08. The van der Waals surface area contributed by atoms with E-state index in [1.165, 1.54) is 11.1 Å². The fourth-order valence-corrected chi connectivity index (χ4v) is 2.87. The van der Waals surface area contributed by atoms with Crippen LogP contribution in [0.15, 0.2) is 24.3 Å². The number of unbranched alkanes of at least 4 members (excludes halogenated alkanes) is 1. The average Bonchev–Trinajstić information content (AvgIpc) is 2.50. The topological polar surface area (TPSA) is 21.3 Å². The Balaban J connectivity index is 2.10. The molecule has 1 aliphatic heterocycles. The minimum atomic E-state index is 0.171. The molecule has 2 rings (SSSR count). The molecule has 1 heterocycles. The molecular weight excluding hydrogens is 246 g/mol. The first-order chi connectivity index (χ1) is 9.86. The average molecular weight is 271 g/mol. The zero-order valence-corrected chi connectivity index (χ0v) is 12.4. The van der Waals surface area contributed by atoms with Gasteiger partial charge >= 0.3 is 0 Å². The number of rotatable bonds is 7. The molecule has 2 nitrogen and oxygen atoms in total. The van der Waals surface area contributed by atoms with Gasteiger partial charge in [0.2, 0.25) is 0 Å². The van der Waals surface area contributed by atoms with Gasteiger partial charge in [-0.1, -0.05) is 31.2 Å². The van der Waals surface area contributed by atoms with E-state index in [9.17, 15) is 0 Å². The maximum atomic E-state index is 6.08. The van der Waals surface area contributed by atoms with Gasteiger partial charge in [-0.15, -0.1) is 12.3 Å². The molecule has 20 heavy (non-hydrogen) atoms. The Labute approximate surface area is 122 Å². The molecule has 0 amide bonds.